The van der Waals surface area contributed by atoms with Gasteiger partial charge in [-0.15, -0.1) is 0 Å². The summed E-state index contributed by atoms with van der Waals surface area (Å²) in [6.07, 6.45) is 0.456. The molecule has 2 aromatic heterocycles. The van der Waals surface area contributed by atoms with Gasteiger partial charge in [0.1, 0.15) is 17.2 Å². The molecule has 4 rings (SSSR count). The summed E-state index contributed by atoms with van der Waals surface area (Å²) in [5, 5.41) is 19.1. The lowest BCUT2D eigenvalue weighted by atomic mass is 9.91. The molecule has 3 aromatic rings. The molecule has 0 bridgehead atoms. The summed E-state index contributed by atoms with van der Waals surface area (Å²) in [7, 11) is 1.77. The molecule has 0 radical (unpaired) electrons. The molecule has 3 N–H and O–H groups in total. The number of amides is 2. The van der Waals surface area contributed by atoms with Crippen LogP contribution < -0.4 is 15.4 Å². The number of amidine groups is 1. The minimum Gasteiger partial charge on any atom is -0.482 e. The van der Waals surface area contributed by atoms with Crippen molar-refractivity contribution < 1.29 is 19.1 Å². The fraction of sp³-hybridized carbons (Fsp3) is 0.400. The van der Waals surface area contributed by atoms with Gasteiger partial charge < -0.3 is 14.8 Å². The maximum absolute atomic E-state index is 12.9. The molecule has 11 heteroatoms. The van der Waals surface area contributed by atoms with Crippen molar-refractivity contribution in [2.24, 2.45) is 7.05 Å². The van der Waals surface area contributed by atoms with Crippen LogP contribution in [0.25, 0.3) is 11.0 Å². The molecule has 2 atom stereocenters. The number of hydrogen-bond acceptors (Lipinski definition) is 7. The largest absolute Gasteiger partial charge is 0.482 e. The third kappa shape index (κ3) is 5.13. The summed E-state index contributed by atoms with van der Waals surface area (Å²) >= 11 is 6.53. The van der Waals surface area contributed by atoms with E-state index in [2.05, 4.69) is 20.7 Å². The first kappa shape index (κ1) is 25.4. The summed E-state index contributed by atoms with van der Waals surface area (Å²) in [4.78, 5) is 29.5. The lowest BCUT2D eigenvalue weighted by molar-refractivity contribution is 0.0556. The Morgan fingerprint density at radius 2 is 2.00 bits per heavy atom. The van der Waals surface area contributed by atoms with Crippen LogP contribution in [0.5, 0.6) is 5.75 Å². The van der Waals surface area contributed by atoms with E-state index in [9.17, 15) is 9.59 Å². The van der Waals surface area contributed by atoms with Gasteiger partial charge in [0.2, 0.25) is 0 Å². The topological polar surface area (TPSA) is 131 Å². The van der Waals surface area contributed by atoms with E-state index < -0.39 is 17.8 Å². The number of carbonyl (C=O) groups excluding carboxylic acids is 2. The third-order valence-electron chi connectivity index (χ3n) is 5.81. The van der Waals surface area contributed by atoms with Crippen LogP contribution in [0.1, 0.15) is 54.7 Å². The van der Waals surface area contributed by atoms with Crippen LogP contribution in [0.15, 0.2) is 30.5 Å². The van der Waals surface area contributed by atoms with Crippen LogP contribution in [0.2, 0.25) is 5.02 Å². The molecule has 0 saturated carbocycles. The second-order valence-electron chi connectivity index (χ2n) is 9.66. The van der Waals surface area contributed by atoms with Crippen LogP contribution in [0.3, 0.4) is 0 Å². The molecular formula is C25H29ClN6O4. The quantitative estimate of drug-likeness (QED) is 0.348. The highest BCUT2D eigenvalue weighted by Crippen LogP contribution is 2.40. The van der Waals surface area contributed by atoms with Gasteiger partial charge in [0, 0.05) is 31.3 Å². The Morgan fingerprint density at radius 3 is 2.72 bits per heavy atom. The molecule has 10 nitrogen and oxygen atoms in total. The number of benzene rings is 1. The number of para-hydroxylation sites is 1. The highest BCUT2D eigenvalue weighted by Gasteiger charge is 2.38. The Kier molecular flexibility index (Phi) is 6.90. The first-order chi connectivity index (χ1) is 17.0. The smallest absolute Gasteiger partial charge is 0.413 e. The van der Waals surface area contributed by atoms with E-state index in [4.69, 9.17) is 26.5 Å². The Bertz CT molecular complexity index is 1350. The molecule has 0 saturated heterocycles. The minimum atomic E-state index is -0.730. The first-order valence-corrected chi connectivity index (χ1v) is 11.9. The summed E-state index contributed by atoms with van der Waals surface area (Å²) in [5.74, 6) is -0.0928. The molecule has 2 unspecified atom stereocenters. The van der Waals surface area contributed by atoms with Gasteiger partial charge in [0.25, 0.3) is 5.91 Å². The zero-order valence-electron chi connectivity index (χ0n) is 20.8. The van der Waals surface area contributed by atoms with Crippen LogP contribution >= 0.6 is 11.6 Å². The lowest BCUT2D eigenvalue weighted by Gasteiger charge is -2.23. The molecule has 2 amide bonds. The van der Waals surface area contributed by atoms with Crippen molar-refractivity contribution in [3.8, 4) is 5.75 Å². The number of fused-ring (bicyclic) bond motifs is 2. The molecular weight excluding hydrogens is 484 g/mol. The zero-order valence-corrected chi connectivity index (χ0v) is 21.6. The number of rotatable bonds is 5. The Labute approximate surface area is 213 Å². The number of aryl methyl sites for hydroxylation is 2. The predicted molar refractivity (Wildman–Crippen MR) is 136 cm³/mol. The maximum Gasteiger partial charge on any atom is 0.413 e. The molecule has 36 heavy (non-hydrogen) atoms. The van der Waals surface area contributed by atoms with E-state index >= 15 is 0 Å². The Balaban J connectivity index is 1.46. The number of halogens is 1. The molecule has 190 valence electrons. The van der Waals surface area contributed by atoms with E-state index in [-0.39, 0.29) is 29.8 Å². The fourth-order valence-corrected chi connectivity index (χ4v) is 4.65. The Morgan fingerprint density at radius 1 is 1.28 bits per heavy atom. The number of alkyl carbamates (subject to hydrolysis) is 1. The molecule has 1 aliphatic rings. The van der Waals surface area contributed by atoms with E-state index in [1.54, 1.807) is 32.5 Å². The first-order valence-electron chi connectivity index (χ1n) is 11.6. The number of nitrogens with zero attached hydrogens (tertiary/aromatic N) is 3. The summed E-state index contributed by atoms with van der Waals surface area (Å²) in [6.45, 7) is 7.35. The fourth-order valence-electron chi connectivity index (χ4n) is 4.29. The minimum absolute atomic E-state index is 0.110. The van der Waals surface area contributed by atoms with Crippen molar-refractivity contribution in [3.63, 3.8) is 0 Å². The van der Waals surface area contributed by atoms with E-state index in [1.807, 2.05) is 31.2 Å². The number of nitrogens with one attached hydrogen (secondary N) is 3. The average molecular weight is 513 g/mol. The van der Waals surface area contributed by atoms with Gasteiger partial charge in [0.15, 0.2) is 11.8 Å². The molecule has 3 heterocycles. The van der Waals surface area contributed by atoms with Gasteiger partial charge >= 0.3 is 6.09 Å². The molecule has 1 aliphatic heterocycles. The SMILES string of the molecule is Cc1nn(C)c2ncc(C(=O)NCCC3c4ccccc4OC3C(=N)NC(=O)OC(C)(C)C)c(Cl)c12. The van der Waals surface area contributed by atoms with Gasteiger partial charge in [-0.1, -0.05) is 29.8 Å². The van der Waals surface area contributed by atoms with Crippen LogP contribution in [0, 0.1) is 12.3 Å². The molecule has 0 spiro atoms. The maximum atomic E-state index is 12.9. The summed E-state index contributed by atoms with van der Waals surface area (Å²) < 4.78 is 12.9. The van der Waals surface area contributed by atoms with Crippen LogP contribution in [0.4, 0.5) is 4.79 Å². The third-order valence-corrected chi connectivity index (χ3v) is 6.20. The predicted octanol–water partition coefficient (Wildman–Crippen LogP) is 4.10. The highest BCUT2D eigenvalue weighted by atomic mass is 35.5. The van der Waals surface area contributed by atoms with Gasteiger partial charge in [-0.05, 0) is 40.2 Å². The summed E-state index contributed by atoms with van der Waals surface area (Å²) in [5.41, 5.74) is 1.77. The molecule has 1 aromatic carbocycles. The second kappa shape index (κ2) is 9.77. The van der Waals surface area contributed by atoms with Crippen molar-refractivity contribution in [1.29, 1.82) is 5.41 Å². The van der Waals surface area contributed by atoms with Gasteiger partial charge in [-0.2, -0.15) is 5.10 Å². The molecule has 0 fully saturated rings. The molecule has 0 aliphatic carbocycles. The Hall–Kier alpha value is -3.66. The van der Waals surface area contributed by atoms with E-state index in [0.717, 1.165) is 5.56 Å². The van der Waals surface area contributed by atoms with Gasteiger partial charge in [-0.3, -0.25) is 20.2 Å². The summed E-state index contributed by atoms with van der Waals surface area (Å²) in [6, 6.07) is 7.47. The highest BCUT2D eigenvalue weighted by molar-refractivity contribution is 6.38. The van der Waals surface area contributed by atoms with Gasteiger partial charge in [-0.25, -0.2) is 9.78 Å². The van der Waals surface area contributed by atoms with Gasteiger partial charge in [0.05, 0.1) is 21.7 Å². The van der Waals surface area contributed by atoms with Crippen molar-refractivity contribution in [3.05, 3.63) is 52.3 Å². The number of hydrogen-bond donors (Lipinski definition) is 3. The van der Waals surface area contributed by atoms with Crippen molar-refractivity contribution in [2.45, 2.75) is 51.7 Å². The van der Waals surface area contributed by atoms with E-state index in [1.165, 1.54) is 6.20 Å². The lowest BCUT2D eigenvalue weighted by Crippen LogP contribution is -2.44. The van der Waals surface area contributed by atoms with Crippen molar-refractivity contribution in [2.75, 3.05) is 6.54 Å². The zero-order chi connectivity index (χ0) is 26.2. The van der Waals surface area contributed by atoms with Crippen LogP contribution in [-0.4, -0.2) is 50.9 Å². The normalized spacial score (nSPS) is 16.8. The standard InChI is InChI=1S/C25H29ClN6O4/c1-13-18-19(26)16(12-29-22(18)32(5)31-13)23(33)28-11-10-15-14-8-6-7-9-17(14)35-20(15)21(27)30-24(34)36-25(2,3)4/h6-9,12,15,20H,10-11H2,1-5H3,(H,28,33)(H2,27,30,34). The van der Waals surface area contributed by atoms with Crippen molar-refractivity contribution in [1.82, 2.24) is 25.4 Å². The van der Waals surface area contributed by atoms with E-state index in [0.29, 0.717) is 33.9 Å². The number of pyridine rings is 1. The average Bonchev–Trinajstić information content (AvgIpc) is 3.30. The monoisotopic (exact) mass is 512 g/mol. The second-order valence-corrected chi connectivity index (χ2v) is 10.0. The number of aromatic nitrogens is 3. The van der Waals surface area contributed by atoms with Crippen molar-refractivity contribution >= 4 is 40.5 Å². The number of ether oxygens (including phenoxy) is 2. The van der Waals surface area contributed by atoms with Crippen LogP contribution in [-0.2, 0) is 11.8 Å². The number of carbonyl (C=O) groups is 2.